The number of benzene rings is 1. The van der Waals surface area contributed by atoms with Crippen LogP contribution in [0.1, 0.15) is 51.4 Å². The van der Waals surface area contributed by atoms with Crippen LogP contribution in [0.5, 0.6) is 0 Å². The molecular weight excluding hydrogens is 316 g/mol. The second kappa shape index (κ2) is 7.21. The van der Waals surface area contributed by atoms with Gasteiger partial charge in [-0.15, -0.1) is 0 Å². The van der Waals surface area contributed by atoms with Crippen LogP contribution in [0, 0.1) is 5.41 Å². The highest BCUT2D eigenvalue weighted by atomic mass is 35.5. The molecule has 1 aromatic carbocycles. The van der Waals surface area contributed by atoms with Crippen LogP contribution in [0.25, 0.3) is 0 Å². The van der Waals surface area contributed by atoms with Crippen molar-refractivity contribution in [2.75, 3.05) is 12.3 Å². The largest absolute Gasteiger partial charge is 0.452 e. The normalized spacial score (nSPS) is 11.9. The molecule has 0 heterocycles. The summed E-state index contributed by atoms with van der Waals surface area (Å²) in [4.78, 5) is 24.0. The molecule has 128 valence electrons. The number of hydrogen-bond acceptors (Lipinski definition) is 4. The second-order valence-corrected chi connectivity index (χ2v) is 7.91. The summed E-state index contributed by atoms with van der Waals surface area (Å²) in [5.41, 5.74) is 5.80. The van der Waals surface area contributed by atoms with Crippen LogP contribution in [0.15, 0.2) is 18.2 Å². The molecular formula is C17H25ClN2O3. The zero-order valence-electron chi connectivity index (χ0n) is 14.3. The van der Waals surface area contributed by atoms with E-state index in [0.717, 1.165) is 6.42 Å². The van der Waals surface area contributed by atoms with E-state index >= 15 is 0 Å². The number of ether oxygens (including phenoxy) is 1. The van der Waals surface area contributed by atoms with E-state index in [1.165, 1.54) is 12.1 Å². The molecule has 5 nitrogen and oxygen atoms in total. The van der Waals surface area contributed by atoms with Crippen LogP contribution in [-0.4, -0.2) is 24.0 Å². The lowest BCUT2D eigenvalue weighted by molar-refractivity contribution is -0.126. The second-order valence-electron chi connectivity index (χ2n) is 7.48. The van der Waals surface area contributed by atoms with E-state index in [-0.39, 0.29) is 29.2 Å². The van der Waals surface area contributed by atoms with Crippen molar-refractivity contribution in [2.45, 2.75) is 46.6 Å². The summed E-state index contributed by atoms with van der Waals surface area (Å²) in [6.45, 7) is 9.81. The van der Waals surface area contributed by atoms with Gasteiger partial charge in [-0.1, -0.05) is 32.4 Å². The van der Waals surface area contributed by atoms with Gasteiger partial charge in [0.2, 0.25) is 0 Å². The number of hydrogen-bond donors (Lipinski definition) is 2. The molecule has 1 aromatic rings. The number of carbonyl (C=O) groups excluding carboxylic acids is 2. The number of nitrogen functional groups attached to an aromatic ring is 1. The molecule has 23 heavy (non-hydrogen) atoms. The lowest BCUT2D eigenvalue weighted by atomic mass is 9.82. The number of rotatable bonds is 5. The Hall–Kier alpha value is -1.75. The molecule has 0 bridgehead atoms. The highest BCUT2D eigenvalue weighted by Gasteiger charge is 2.27. The summed E-state index contributed by atoms with van der Waals surface area (Å²) in [6.07, 6.45) is 0.793. The molecule has 0 aliphatic heterocycles. The number of carbonyl (C=O) groups is 2. The Labute approximate surface area is 142 Å². The summed E-state index contributed by atoms with van der Waals surface area (Å²) >= 11 is 5.83. The van der Waals surface area contributed by atoms with Crippen molar-refractivity contribution in [3.8, 4) is 0 Å². The van der Waals surface area contributed by atoms with Crippen molar-refractivity contribution in [3.63, 3.8) is 0 Å². The maximum atomic E-state index is 12.0. The molecule has 0 unspecified atom stereocenters. The quantitative estimate of drug-likeness (QED) is 0.635. The van der Waals surface area contributed by atoms with E-state index in [2.05, 4.69) is 26.1 Å². The number of anilines is 1. The van der Waals surface area contributed by atoms with E-state index in [1.54, 1.807) is 6.07 Å². The van der Waals surface area contributed by atoms with Crippen LogP contribution < -0.4 is 11.1 Å². The summed E-state index contributed by atoms with van der Waals surface area (Å²) < 4.78 is 5.01. The smallest absolute Gasteiger partial charge is 0.340 e. The molecule has 0 saturated carbocycles. The molecule has 0 fully saturated rings. The zero-order valence-corrected chi connectivity index (χ0v) is 15.1. The van der Waals surface area contributed by atoms with Gasteiger partial charge in [-0.05, 0) is 43.9 Å². The maximum Gasteiger partial charge on any atom is 0.340 e. The Balaban J connectivity index is 2.59. The van der Waals surface area contributed by atoms with Gasteiger partial charge in [0, 0.05) is 16.2 Å². The predicted molar refractivity (Wildman–Crippen MR) is 92.4 cm³/mol. The van der Waals surface area contributed by atoms with Crippen molar-refractivity contribution in [3.05, 3.63) is 28.8 Å². The van der Waals surface area contributed by atoms with E-state index in [0.29, 0.717) is 5.02 Å². The van der Waals surface area contributed by atoms with Crippen molar-refractivity contribution >= 4 is 29.2 Å². The number of nitrogens with one attached hydrogen (secondary N) is 1. The number of nitrogens with two attached hydrogens (primary N) is 1. The van der Waals surface area contributed by atoms with Gasteiger partial charge in [-0.3, -0.25) is 4.79 Å². The Morgan fingerprint density at radius 3 is 2.39 bits per heavy atom. The SMILES string of the molecule is CC(C)(C)CC(C)(C)NC(=O)COC(=O)c1cc(Cl)ccc1N. The monoisotopic (exact) mass is 340 g/mol. The molecule has 0 spiro atoms. The van der Waals surface area contributed by atoms with Crippen LogP contribution >= 0.6 is 11.6 Å². The van der Waals surface area contributed by atoms with Crippen LogP contribution in [-0.2, 0) is 9.53 Å². The van der Waals surface area contributed by atoms with E-state index in [4.69, 9.17) is 22.1 Å². The van der Waals surface area contributed by atoms with Crippen molar-refractivity contribution in [2.24, 2.45) is 5.41 Å². The van der Waals surface area contributed by atoms with Gasteiger partial charge in [-0.25, -0.2) is 4.79 Å². The standard InChI is InChI=1S/C17H25ClN2O3/c1-16(2,3)10-17(4,5)20-14(21)9-23-15(22)12-8-11(18)6-7-13(12)19/h6-8H,9-10,19H2,1-5H3,(H,20,21). The average molecular weight is 341 g/mol. The van der Waals surface area contributed by atoms with E-state index in [1.807, 2.05) is 13.8 Å². The Morgan fingerprint density at radius 2 is 1.83 bits per heavy atom. The highest BCUT2D eigenvalue weighted by Crippen LogP contribution is 2.26. The van der Waals surface area contributed by atoms with Crippen LogP contribution in [0.3, 0.4) is 0 Å². The van der Waals surface area contributed by atoms with E-state index < -0.39 is 11.5 Å². The first-order valence-corrected chi connectivity index (χ1v) is 7.81. The Bertz CT molecular complexity index is 592. The molecule has 0 radical (unpaired) electrons. The van der Waals surface area contributed by atoms with Gasteiger partial charge in [0.25, 0.3) is 5.91 Å². The molecule has 0 saturated heterocycles. The predicted octanol–water partition coefficient (Wildman–Crippen LogP) is 3.41. The first-order chi connectivity index (χ1) is 10.4. The number of esters is 1. The third-order valence-corrected chi connectivity index (χ3v) is 3.25. The zero-order chi connectivity index (χ0) is 17.8. The van der Waals surface area contributed by atoms with E-state index in [9.17, 15) is 9.59 Å². The topological polar surface area (TPSA) is 81.4 Å². The molecule has 3 N–H and O–H groups in total. The summed E-state index contributed by atoms with van der Waals surface area (Å²) in [6, 6.07) is 4.52. The Kier molecular flexibility index (Phi) is 6.05. The highest BCUT2D eigenvalue weighted by molar-refractivity contribution is 6.31. The number of halogens is 1. The molecule has 0 atom stereocenters. The third kappa shape index (κ3) is 6.91. The van der Waals surface area contributed by atoms with Crippen molar-refractivity contribution < 1.29 is 14.3 Å². The lowest BCUT2D eigenvalue weighted by Crippen LogP contribution is -2.47. The van der Waals surface area contributed by atoms with Crippen molar-refractivity contribution in [1.29, 1.82) is 0 Å². The molecule has 0 aromatic heterocycles. The molecule has 1 rings (SSSR count). The van der Waals surface area contributed by atoms with Gasteiger partial charge in [0.05, 0.1) is 5.56 Å². The minimum atomic E-state index is -0.672. The van der Waals surface area contributed by atoms with Gasteiger partial charge in [0.1, 0.15) is 0 Å². The van der Waals surface area contributed by atoms with Gasteiger partial charge in [-0.2, -0.15) is 0 Å². The van der Waals surface area contributed by atoms with Gasteiger partial charge in [0.15, 0.2) is 6.61 Å². The average Bonchev–Trinajstić information content (AvgIpc) is 2.35. The summed E-state index contributed by atoms with van der Waals surface area (Å²) in [7, 11) is 0. The summed E-state index contributed by atoms with van der Waals surface area (Å²) in [5, 5.41) is 3.25. The fourth-order valence-electron chi connectivity index (χ4n) is 2.70. The first-order valence-electron chi connectivity index (χ1n) is 7.43. The fourth-order valence-corrected chi connectivity index (χ4v) is 2.87. The third-order valence-electron chi connectivity index (χ3n) is 3.02. The van der Waals surface area contributed by atoms with Crippen molar-refractivity contribution in [1.82, 2.24) is 5.32 Å². The molecule has 0 aliphatic carbocycles. The first kappa shape index (κ1) is 19.3. The molecule has 6 heteroatoms. The molecule has 1 amide bonds. The lowest BCUT2D eigenvalue weighted by Gasteiger charge is -2.33. The van der Waals surface area contributed by atoms with Crippen LogP contribution in [0.4, 0.5) is 5.69 Å². The number of amides is 1. The van der Waals surface area contributed by atoms with Crippen LogP contribution in [0.2, 0.25) is 5.02 Å². The molecule has 0 aliphatic rings. The fraction of sp³-hybridized carbons (Fsp3) is 0.529. The minimum absolute atomic E-state index is 0.0721. The van der Waals surface area contributed by atoms with Gasteiger partial charge < -0.3 is 15.8 Å². The minimum Gasteiger partial charge on any atom is -0.452 e. The maximum absolute atomic E-state index is 12.0. The Morgan fingerprint density at radius 1 is 1.22 bits per heavy atom. The van der Waals surface area contributed by atoms with Gasteiger partial charge >= 0.3 is 5.97 Å². The summed E-state index contributed by atoms with van der Waals surface area (Å²) in [5.74, 6) is -1.03.